The summed E-state index contributed by atoms with van der Waals surface area (Å²) >= 11 is 12.1. The molecule has 0 saturated carbocycles. The monoisotopic (exact) mass is 481 g/mol. The first-order valence-electron chi connectivity index (χ1n) is 9.83. The molecule has 4 rings (SSSR count). The van der Waals surface area contributed by atoms with Gasteiger partial charge >= 0.3 is 5.69 Å². The summed E-state index contributed by atoms with van der Waals surface area (Å²) in [7, 11) is 0. The van der Waals surface area contributed by atoms with Crippen molar-refractivity contribution in [1.82, 2.24) is 9.88 Å². The van der Waals surface area contributed by atoms with Gasteiger partial charge in [-0.1, -0.05) is 23.2 Å². The van der Waals surface area contributed by atoms with Crippen molar-refractivity contribution in [3.8, 4) is 0 Å². The molecule has 0 N–H and O–H groups in total. The summed E-state index contributed by atoms with van der Waals surface area (Å²) in [5.74, 6) is -1.45. The van der Waals surface area contributed by atoms with Crippen LogP contribution in [0.1, 0.15) is 6.42 Å². The molecule has 1 aromatic carbocycles. The van der Waals surface area contributed by atoms with Crippen LogP contribution in [-0.2, 0) is 9.59 Å². The first-order chi connectivity index (χ1) is 15.2. The average molecular weight is 482 g/mol. The molecule has 2 aliphatic heterocycles. The van der Waals surface area contributed by atoms with Crippen LogP contribution in [0.15, 0.2) is 30.5 Å². The van der Waals surface area contributed by atoms with Crippen LogP contribution < -0.4 is 9.80 Å². The van der Waals surface area contributed by atoms with Gasteiger partial charge in [0.05, 0.1) is 26.6 Å². The van der Waals surface area contributed by atoms with Crippen molar-refractivity contribution in [2.24, 2.45) is 5.92 Å². The lowest BCUT2D eigenvalue weighted by Crippen LogP contribution is -2.51. The van der Waals surface area contributed by atoms with E-state index in [0.29, 0.717) is 42.0 Å². The van der Waals surface area contributed by atoms with E-state index in [-0.39, 0.29) is 30.5 Å². The summed E-state index contributed by atoms with van der Waals surface area (Å²) in [4.78, 5) is 44.9. The van der Waals surface area contributed by atoms with Crippen molar-refractivity contribution in [3.63, 3.8) is 0 Å². The minimum absolute atomic E-state index is 0.00517. The number of nitro groups is 1. The minimum atomic E-state index is -0.980. The van der Waals surface area contributed by atoms with Gasteiger partial charge in [-0.05, 0) is 18.2 Å². The smallest absolute Gasteiger partial charge is 0.306 e. The summed E-state index contributed by atoms with van der Waals surface area (Å²) in [6.07, 6.45) is 1.51. The van der Waals surface area contributed by atoms with Crippen molar-refractivity contribution in [3.05, 3.63) is 56.4 Å². The zero-order chi connectivity index (χ0) is 23.0. The molecule has 2 aromatic rings. The van der Waals surface area contributed by atoms with Gasteiger partial charge in [0, 0.05) is 51.4 Å². The predicted octanol–water partition coefficient (Wildman–Crippen LogP) is 3.14. The molecule has 9 nitrogen and oxygen atoms in total. The van der Waals surface area contributed by atoms with E-state index < -0.39 is 22.3 Å². The second kappa shape index (κ2) is 8.87. The van der Waals surface area contributed by atoms with Crippen molar-refractivity contribution < 1.29 is 18.9 Å². The third-order valence-electron chi connectivity index (χ3n) is 5.59. The van der Waals surface area contributed by atoms with Crippen LogP contribution in [0.4, 0.5) is 21.6 Å². The zero-order valence-corrected chi connectivity index (χ0v) is 18.2. The van der Waals surface area contributed by atoms with Gasteiger partial charge in [0.2, 0.25) is 17.6 Å². The molecule has 12 heteroatoms. The molecule has 1 atom stereocenters. The molecule has 0 aliphatic carbocycles. The van der Waals surface area contributed by atoms with Gasteiger partial charge in [-0.3, -0.25) is 19.7 Å². The molecule has 0 bridgehead atoms. The Bertz CT molecular complexity index is 1090. The van der Waals surface area contributed by atoms with Gasteiger partial charge in [0.1, 0.15) is 5.82 Å². The lowest BCUT2D eigenvalue weighted by molar-refractivity contribution is -0.387. The highest BCUT2D eigenvalue weighted by Gasteiger charge is 2.38. The number of rotatable bonds is 4. The van der Waals surface area contributed by atoms with Crippen molar-refractivity contribution in [2.75, 3.05) is 42.5 Å². The van der Waals surface area contributed by atoms with E-state index in [1.54, 1.807) is 11.0 Å². The Morgan fingerprint density at radius 1 is 1.19 bits per heavy atom. The number of pyridine rings is 1. The van der Waals surface area contributed by atoms with Crippen LogP contribution in [0.3, 0.4) is 0 Å². The molecule has 3 heterocycles. The highest BCUT2D eigenvalue weighted by Crippen LogP contribution is 2.31. The Labute approximate surface area is 192 Å². The number of carbonyl (C=O) groups is 2. The Balaban J connectivity index is 1.40. The van der Waals surface area contributed by atoms with Crippen LogP contribution >= 0.6 is 23.2 Å². The van der Waals surface area contributed by atoms with E-state index in [9.17, 15) is 24.1 Å². The number of piperazine rings is 1. The second-order valence-electron chi connectivity index (χ2n) is 7.57. The lowest BCUT2D eigenvalue weighted by Gasteiger charge is -2.36. The molecule has 1 unspecified atom stereocenters. The Kier molecular flexibility index (Phi) is 6.16. The fourth-order valence-electron chi connectivity index (χ4n) is 3.97. The summed E-state index contributed by atoms with van der Waals surface area (Å²) in [5.41, 5.74) is -0.512. The Hall–Kier alpha value is -2.98. The number of nitro benzene ring substituents is 1. The topological polar surface area (TPSA) is 99.9 Å². The van der Waals surface area contributed by atoms with Gasteiger partial charge in [-0.25, -0.2) is 4.98 Å². The van der Waals surface area contributed by atoms with E-state index >= 15 is 0 Å². The number of halogens is 3. The molecule has 2 aliphatic rings. The molecule has 168 valence electrons. The number of nitrogens with zero attached hydrogens (tertiary/aromatic N) is 5. The number of hydrogen-bond donors (Lipinski definition) is 0. The highest BCUT2D eigenvalue weighted by atomic mass is 35.5. The Morgan fingerprint density at radius 3 is 2.56 bits per heavy atom. The van der Waals surface area contributed by atoms with E-state index in [1.165, 1.54) is 17.2 Å². The number of anilines is 2. The molecule has 2 saturated heterocycles. The van der Waals surface area contributed by atoms with Crippen LogP contribution in [0, 0.1) is 21.8 Å². The van der Waals surface area contributed by atoms with Crippen molar-refractivity contribution >= 4 is 52.2 Å². The zero-order valence-electron chi connectivity index (χ0n) is 16.7. The first-order valence-corrected chi connectivity index (χ1v) is 10.6. The third kappa shape index (κ3) is 4.33. The largest absolute Gasteiger partial charge is 0.352 e. The number of benzene rings is 1. The average Bonchev–Trinajstić information content (AvgIpc) is 3.15. The van der Waals surface area contributed by atoms with E-state index in [1.807, 2.05) is 4.90 Å². The van der Waals surface area contributed by atoms with Crippen LogP contribution in [0.5, 0.6) is 0 Å². The van der Waals surface area contributed by atoms with Crippen molar-refractivity contribution in [1.29, 1.82) is 0 Å². The Morgan fingerprint density at radius 2 is 1.91 bits per heavy atom. The minimum Gasteiger partial charge on any atom is -0.352 e. The molecule has 2 fully saturated rings. The van der Waals surface area contributed by atoms with E-state index in [4.69, 9.17) is 23.2 Å². The highest BCUT2D eigenvalue weighted by molar-refractivity contribution is 6.36. The molecular weight excluding hydrogens is 464 g/mol. The summed E-state index contributed by atoms with van der Waals surface area (Å²) < 4.78 is 13.6. The quantitative estimate of drug-likeness (QED) is 0.491. The second-order valence-corrected chi connectivity index (χ2v) is 8.41. The fourth-order valence-corrected chi connectivity index (χ4v) is 4.47. The third-order valence-corrected chi connectivity index (χ3v) is 6.08. The fraction of sp³-hybridized carbons (Fsp3) is 0.350. The normalized spacial score (nSPS) is 18.9. The molecule has 0 spiro atoms. The van der Waals surface area contributed by atoms with Crippen LogP contribution in [0.25, 0.3) is 0 Å². The lowest BCUT2D eigenvalue weighted by atomic mass is 10.1. The molecule has 0 radical (unpaired) electrons. The molecular formula is C20H18Cl2FN5O4. The van der Waals surface area contributed by atoms with Gasteiger partial charge in [-0.15, -0.1) is 0 Å². The number of hydrogen-bond acceptors (Lipinski definition) is 6. The van der Waals surface area contributed by atoms with E-state index in [2.05, 4.69) is 4.98 Å². The maximum atomic E-state index is 13.6. The van der Waals surface area contributed by atoms with Gasteiger partial charge < -0.3 is 14.7 Å². The van der Waals surface area contributed by atoms with E-state index in [0.717, 1.165) is 12.1 Å². The van der Waals surface area contributed by atoms with Gasteiger partial charge in [0.15, 0.2) is 0 Å². The maximum absolute atomic E-state index is 13.6. The predicted molar refractivity (Wildman–Crippen MR) is 117 cm³/mol. The molecule has 32 heavy (non-hydrogen) atoms. The maximum Gasteiger partial charge on any atom is 0.306 e. The first kappa shape index (κ1) is 22.2. The summed E-state index contributed by atoms with van der Waals surface area (Å²) in [6, 6.07) is 4.88. The molecule has 2 amide bonds. The van der Waals surface area contributed by atoms with Crippen molar-refractivity contribution in [2.45, 2.75) is 6.42 Å². The number of amides is 2. The number of aromatic nitrogens is 1. The van der Waals surface area contributed by atoms with Crippen LogP contribution in [-0.4, -0.2) is 59.3 Å². The summed E-state index contributed by atoms with van der Waals surface area (Å²) in [6.45, 7) is 2.01. The number of carbonyl (C=O) groups excluding carboxylic acids is 2. The summed E-state index contributed by atoms with van der Waals surface area (Å²) in [5, 5.41) is 11.9. The standard InChI is InChI=1S/C20H18Cl2FN5O4/c21-13-8-15(22)19(24-10-13)25-3-5-26(6-4-25)20(30)12-7-18(29)27(11-12)14-1-2-16(23)17(9-14)28(31)32/h1-2,8-10,12H,3-7,11H2. The SMILES string of the molecule is O=C(C1CC(=O)N(c2ccc(F)c([N+](=O)[O-])c2)C1)N1CCN(c2ncc(Cl)cc2Cl)CC1. The van der Waals surface area contributed by atoms with Crippen LogP contribution in [0.2, 0.25) is 10.0 Å². The van der Waals surface area contributed by atoms with Gasteiger partial charge in [-0.2, -0.15) is 4.39 Å². The molecule has 1 aromatic heterocycles. The van der Waals surface area contributed by atoms with Gasteiger partial charge in [0.25, 0.3) is 0 Å².